The third-order valence-electron chi connectivity index (χ3n) is 5.03. The summed E-state index contributed by atoms with van der Waals surface area (Å²) in [5, 5.41) is 12.2. The molecule has 0 aliphatic heterocycles. The molecule has 31 heavy (non-hydrogen) atoms. The first-order valence-electron chi connectivity index (χ1n) is 10.7. The van der Waals surface area contributed by atoms with Crippen molar-refractivity contribution >= 4 is 17.7 Å². The highest BCUT2D eigenvalue weighted by Crippen LogP contribution is 2.30. The summed E-state index contributed by atoms with van der Waals surface area (Å²) < 4.78 is 2.04. The number of hydrogen-bond acceptors (Lipinski definition) is 4. The Morgan fingerprint density at radius 2 is 1.87 bits per heavy atom. The molecule has 1 unspecified atom stereocenters. The molecule has 5 nitrogen and oxygen atoms in total. The Labute approximate surface area is 189 Å². The lowest BCUT2D eigenvalue weighted by molar-refractivity contribution is -0.120. The average Bonchev–Trinajstić information content (AvgIpc) is 3.20. The summed E-state index contributed by atoms with van der Waals surface area (Å²) in [5.74, 6) is 0.716. The van der Waals surface area contributed by atoms with Crippen molar-refractivity contribution in [2.24, 2.45) is 0 Å². The number of aromatic nitrogens is 3. The minimum atomic E-state index is -0.308. The van der Waals surface area contributed by atoms with Gasteiger partial charge in [-0.15, -0.1) is 16.8 Å². The molecule has 0 aliphatic carbocycles. The lowest BCUT2D eigenvalue weighted by Gasteiger charge is -2.14. The molecular weight excluding hydrogens is 404 g/mol. The molecule has 2 aromatic carbocycles. The zero-order chi connectivity index (χ0) is 22.2. The van der Waals surface area contributed by atoms with Crippen molar-refractivity contribution in [2.45, 2.75) is 50.4 Å². The van der Waals surface area contributed by atoms with Crippen LogP contribution in [0, 0.1) is 6.92 Å². The molecule has 0 aliphatic rings. The number of aryl methyl sites for hydroxylation is 2. The number of carbonyl (C=O) groups is 1. The van der Waals surface area contributed by atoms with Gasteiger partial charge in [-0.2, -0.15) is 0 Å². The molecule has 1 amide bonds. The number of rotatable bonds is 10. The summed E-state index contributed by atoms with van der Waals surface area (Å²) in [6.07, 6.45) is 5.11. The Kier molecular flexibility index (Phi) is 8.06. The molecule has 3 rings (SSSR count). The van der Waals surface area contributed by atoms with Crippen LogP contribution in [-0.4, -0.2) is 32.5 Å². The number of thioether (sulfide) groups is 1. The number of nitrogens with one attached hydrogen (secondary N) is 1. The smallest absolute Gasteiger partial charge is 0.233 e. The van der Waals surface area contributed by atoms with Crippen LogP contribution in [-0.2, 0) is 11.2 Å². The molecule has 0 radical (unpaired) electrons. The molecule has 162 valence electrons. The normalized spacial score (nSPS) is 11.8. The molecule has 1 N–H and O–H groups in total. The number of carbonyl (C=O) groups excluding carboxylic acids is 1. The minimum Gasteiger partial charge on any atom is -0.352 e. The molecule has 0 saturated heterocycles. The molecular formula is C25H30N4OS. The van der Waals surface area contributed by atoms with Crippen molar-refractivity contribution in [3.63, 3.8) is 0 Å². The van der Waals surface area contributed by atoms with E-state index in [2.05, 4.69) is 84.5 Å². The van der Waals surface area contributed by atoms with Gasteiger partial charge in [0.15, 0.2) is 11.0 Å². The molecule has 0 bridgehead atoms. The fourth-order valence-corrected chi connectivity index (χ4v) is 4.08. The third-order valence-corrected chi connectivity index (χ3v) is 6.07. The van der Waals surface area contributed by atoms with Crippen LogP contribution in [0.25, 0.3) is 17.1 Å². The zero-order valence-corrected chi connectivity index (χ0v) is 19.3. The predicted octanol–water partition coefficient (Wildman–Crippen LogP) is 5.37. The average molecular weight is 435 g/mol. The quantitative estimate of drug-likeness (QED) is 0.344. The van der Waals surface area contributed by atoms with Gasteiger partial charge in [-0.25, -0.2) is 0 Å². The van der Waals surface area contributed by atoms with Crippen LogP contribution >= 0.6 is 11.8 Å². The van der Waals surface area contributed by atoms with E-state index in [9.17, 15) is 4.79 Å². The number of benzene rings is 2. The molecule has 1 heterocycles. The fourth-order valence-electron chi connectivity index (χ4n) is 3.19. The van der Waals surface area contributed by atoms with E-state index in [1.165, 1.54) is 35.7 Å². The van der Waals surface area contributed by atoms with E-state index in [1.807, 2.05) is 11.5 Å². The first-order valence-corrected chi connectivity index (χ1v) is 11.6. The van der Waals surface area contributed by atoms with Gasteiger partial charge in [-0.05, 0) is 44.4 Å². The van der Waals surface area contributed by atoms with Gasteiger partial charge in [-0.1, -0.05) is 73.1 Å². The Bertz CT molecular complexity index is 1010. The van der Waals surface area contributed by atoms with E-state index in [0.717, 1.165) is 23.5 Å². The summed E-state index contributed by atoms with van der Waals surface area (Å²) in [5.41, 5.74) is 4.49. The fraction of sp³-hybridized carbons (Fsp3) is 0.320. The highest BCUT2D eigenvalue weighted by Gasteiger charge is 2.21. The molecule has 3 aromatic rings. The second kappa shape index (κ2) is 11.0. The van der Waals surface area contributed by atoms with Gasteiger partial charge in [0, 0.05) is 17.8 Å². The predicted molar refractivity (Wildman–Crippen MR) is 129 cm³/mol. The first kappa shape index (κ1) is 22.8. The van der Waals surface area contributed by atoms with E-state index < -0.39 is 0 Å². The van der Waals surface area contributed by atoms with Crippen LogP contribution in [0.5, 0.6) is 0 Å². The Hall–Kier alpha value is -2.86. The molecule has 1 atom stereocenters. The van der Waals surface area contributed by atoms with Crippen LogP contribution in [0.1, 0.15) is 37.8 Å². The van der Waals surface area contributed by atoms with E-state index in [4.69, 9.17) is 0 Å². The maximum Gasteiger partial charge on any atom is 0.233 e. The molecule has 1 aromatic heterocycles. The molecule has 0 spiro atoms. The topological polar surface area (TPSA) is 59.8 Å². The SMILES string of the molecule is C=CCNC(=O)C(C)Sc1nnc(-c2ccc(C)cc2)n1-c1ccc(CCCC)cc1. The maximum absolute atomic E-state index is 12.4. The summed E-state index contributed by atoms with van der Waals surface area (Å²) in [4.78, 5) is 12.4. The second-order valence-corrected chi connectivity index (χ2v) is 8.88. The van der Waals surface area contributed by atoms with Gasteiger partial charge in [0.2, 0.25) is 5.91 Å². The third kappa shape index (κ3) is 5.85. The van der Waals surface area contributed by atoms with Crippen molar-refractivity contribution in [3.05, 3.63) is 72.3 Å². The number of nitrogens with zero attached hydrogens (tertiary/aromatic N) is 3. The van der Waals surface area contributed by atoms with Crippen LogP contribution in [0.15, 0.2) is 66.3 Å². The largest absolute Gasteiger partial charge is 0.352 e. The highest BCUT2D eigenvalue weighted by molar-refractivity contribution is 8.00. The number of hydrogen-bond donors (Lipinski definition) is 1. The summed E-state index contributed by atoms with van der Waals surface area (Å²) >= 11 is 1.40. The minimum absolute atomic E-state index is 0.0498. The lowest BCUT2D eigenvalue weighted by Crippen LogP contribution is -2.31. The van der Waals surface area contributed by atoms with Gasteiger partial charge in [0.1, 0.15) is 0 Å². The second-order valence-electron chi connectivity index (χ2n) is 7.57. The molecule has 0 fully saturated rings. The van der Waals surface area contributed by atoms with Crippen molar-refractivity contribution < 1.29 is 4.79 Å². The maximum atomic E-state index is 12.4. The van der Waals surface area contributed by atoms with Gasteiger partial charge in [0.05, 0.1) is 5.25 Å². The Balaban J connectivity index is 1.96. The van der Waals surface area contributed by atoms with Gasteiger partial charge in [-0.3, -0.25) is 9.36 Å². The van der Waals surface area contributed by atoms with Crippen LogP contribution in [0.3, 0.4) is 0 Å². The van der Waals surface area contributed by atoms with Crippen LogP contribution < -0.4 is 5.32 Å². The Morgan fingerprint density at radius 1 is 1.16 bits per heavy atom. The monoisotopic (exact) mass is 434 g/mol. The van der Waals surface area contributed by atoms with Gasteiger partial charge < -0.3 is 5.32 Å². The van der Waals surface area contributed by atoms with Crippen molar-refractivity contribution in [2.75, 3.05) is 6.54 Å². The highest BCUT2D eigenvalue weighted by atomic mass is 32.2. The van der Waals surface area contributed by atoms with Gasteiger partial charge >= 0.3 is 0 Å². The van der Waals surface area contributed by atoms with Gasteiger partial charge in [0.25, 0.3) is 0 Å². The van der Waals surface area contributed by atoms with Crippen molar-refractivity contribution in [3.8, 4) is 17.1 Å². The van der Waals surface area contributed by atoms with E-state index >= 15 is 0 Å². The van der Waals surface area contributed by atoms with E-state index in [1.54, 1.807) is 6.08 Å². The summed E-state index contributed by atoms with van der Waals surface area (Å²) in [6.45, 7) is 10.2. The van der Waals surface area contributed by atoms with E-state index in [-0.39, 0.29) is 11.2 Å². The summed E-state index contributed by atoms with van der Waals surface area (Å²) in [7, 11) is 0. The first-order chi connectivity index (χ1) is 15.0. The van der Waals surface area contributed by atoms with Crippen LogP contribution in [0.2, 0.25) is 0 Å². The lowest BCUT2D eigenvalue weighted by atomic mass is 10.1. The summed E-state index contributed by atoms with van der Waals surface area (Å²) in [6, 6.07) is 16.8. The van der Waals surface area contributed by atoms with Crippen LogP contribution in [0.4, 0.5) is 0 Å². The molecule has 6 heteroatoms. The van der Waals surface area contributed by atoms with Crippen molar-refractivity contribution in [1.82, 2.24) is 20.1 Å². The van der Waals surface area contributed by atoms with Crippen molar-refractivity contribution in [1.29, 1.82) is 0 Å². The standard InChI is InChI=1S/C25H30N4OS/c1-5-7-8-20-11-15-22(16-12-20)29-23(21-13-9-18(3)10-14-21)27-28-25(29)31-19(4)24(30)26-17-6-2/h6,9-16,19H,2,5,7-8,17H2,1,3-4H3,(H,26,30). The molecule has 0 saturated carbocycles. The Morgan fingerprint density at radius 3 is 2.52 bits per heavy atom. The number of unbranched alkanes of at least 4 members (excludes halogenated alkanes) is 1. The number of amides is 1. The van der Waals surface area contributed by atoms with E-state index in [0.29, 0.717) is 11.7 Å². The zero-order valence-electron chi connectivity index (χ0n) is 18.5.